The molecule has 2 N–H and O–H groups in total. The van der Waals surface area contributed by atoms with Crippen molar-refractivity contribution in [2.45, 2.75) is 13.0 Å². The Morgan fingerprint density at radius 1 is 1.17 bits per heavy atom. The van der Waals surface area contributed by atoms with Gasteiger partial charge in [-0.25, -0.2) is 4.39 Å². The van der Waals surface area contributed by atoms with Crippen LogP contribution in [0.4, 0.5) is 10.1 Å². The average molecular weight is 266 g/mol. The molecule has 2 aromatic rings. The lowest BCUT2D eigenvalue weighted by atomic mass is 10.1. The first-order valence-corrected chi connectivity index (χ1v) is 5.95. The van der Waals surface area contributed by atoms with E-state index in [0.717, 1.165) is 5.56 Å². The Morgan fingerprint density at radius 2 is 1.83 bits per heavy atom. The van der Waals surface area contributed by atoms with Gasteiger partial charge >= 0.3 is 0 Å². The van der Waals surface area contributed by atoms with E-state index >= 15 is 0 Å². The molecule has 1 unspecified atom stereocenters. The van der Waals surface area contributed by atoms with E-state index in [9.17, 15) is 9.50 Å². The van der Waals surface area contributed by atoms with E-state index in [-0.39, 0.29) is 16.8 Å². The van der Waals surface area contributed by atoms with E-state index in [1.165, 1.54) is 6.07 Å². The normalized spacial score (nSPS) is 12.2. The average Bonchev–Trinajstić information content (AvgIpc) is 2.36. The summed E-state index contributed by atoms with van der Waals surface area (Å²) < 4.78 is 13.7. The molecule has 0 bridgehead atoms. The lowest BCUT2D eigenvalue weighted by Crippen LogP contribution is -2.07. The fourth-order valence-corrected chi connectivity index (χ4v) is 1.87. The highest BCUT2D eigenvalue weighted by molar-refractivity contribution is 6.31. The summed E-state index contributed by atoms with van der Waals surface area (Å²) in [6.07, 6.45) is 0. The van der Waals surface area contributed by atoms with Gasteiger partial charge in [0.2, 0.25) is 0 Å². The van der Waals surface area contributed by atoms with Gasteiger partial charge in [0.1, 0.15) is 5.75 Å². The standard InChI is InChI=1S/C14H13ClFNO/c1-9(10-5-7-11(18)8-6-10)17-13-4-2-3-12(15)14(13)16/h2-9,17-18H,1H3. The van der Waals surface area contributed by atoms with Gasteiger partial charge in [-0.3, -0.25) is 0 Å². The number of hydrogen-bond donors (Lipinski definition) is 2. The maximum atomic E-state index is 13.7. The highest BCUT2D eigenvalue weighted by Gasteiger charge is 2.10. The summed E-state index contributed by atoms with van der Waals surface area (Å²) in [6.45, 7) is 1.91. The Balaban J connectivity index is 2.18. The summed E-state index contributed by atoms with van der Waals surface area (Å²) in [7, 11) is 0. The van der Waals surface area contributed by atoms with Crippen molar-refractivity contribution in [2.75, 3.05) is 5.32 Å². The van der Waals surface area contributed by atoms with Gasteiger partial charge in [0.25, 0.3) is 0 Å². The summed E-state index contributed by atoms with van der Waals surface area (Å²) in [5.74, 6) is -0.246. The van der Waals surface area contributed by atoms with E-state index in [2.05, 4.69) is 5.32 Å². The molecule has 2 aromatic carbocycles. The Kier molecular flexibility index (Phi) is 3.72. The van der Waals surface area contributed by atoms with Crippen molar-refractivity contribution >= 4 is 17.3 Å². The largest absolute Gasteiger partial charge is 0.508 e. The second-order valence-electron chi connectivity index (χ2n) is 4.06. The quantitative estimate of drug-likeness (QED) is 0.864. The van der Waals surface area contributed by atoms with Crippen LogP contribution in [0.2, 0.25) is 5.02 Å². The Labute approximate surface area is 110 Å². The summed E-state index contributed by atoms with van der Waals surface area (Å²) in [5, 5.41) is 12.4. The fourth-order valence-electron chi connectivity index (χ4n) is 1.69. The number of anilines is 1. The third-order valence-corrected chi connectivity index (χ3v) is 3.01. The predicted molar refractivity (Wildman–Crippen MR) is 71.6 cm³/mol. The lowest BCUT2D eigenvalue weighted by Gasteiger charge is -2.16. The molecule has 0 amide bonds. The molecule has 0 saturated carbocycles. The van der Waals surface area contributed by atoms with Gasteiger partial charge in [0, 0.05) is 6.04 Å². The molecule has 0 radical (unpaired) electrons. The Bertz CT molecular complexity index is 542. The smallest absolute Gasteiger partial charge is 0.164 e. The number of hydrogen-bond acceptors (Lipinski definition) is 2. The predicted octanol–water partition coefficient (Wildman–Crippen LogP) is 4.36. The molecule has 18 heavy (non-hydrogen) atoms. The van der Waals surface area contributed by atoms with Crippen LogP contribution in [0, 0.1) is 5.82 Å². The number of benzene rings is 2. The Morgan fingerprint density at radius 3 is 2.50 bits per heavy atom. The molecular weight excluding hydrogens is 253 g/mol. The highest BCUT2D eigenvalue weighted by atomic mass is 35.5. The topological polar surface area (TPSA) is 32.3 Å². The van der Waals surface area contributed by atoms with Crippen LogP contribution in [0.3, 0.4) is 0 Å². The zero-order valence-electron chi connectivity index (χ0n) is 9.82. The summed E-state index contributed by atoms with van der Waals surface area (Å²) in [4.78, 5) is 0. The molecule has 1 atom stereocenters. The molecule has 0 saturated heterocycles. The molecule has 2 rings (SSSR count). The van der Waals surface area contributed by atoms with E-state index in [1.54, 1.807) is 36.4 Å². The minimum Gasteiger partial charge on any atom is -0.508 e. The third-order valence-electron chi connectivity index (χ3n) is 2.72. The van der Waals surface area contributed by atoms with Crippen LogP contribution in [-0.4, -0.2) is 5.11 Å². The second-order valence-corrected chi connectivity index (χ2v) is 4.47. The van der Waals surface area contributed by atoms with Gasteiger partial charge in [0.15, 0.2) is 5.82 Å². The molecule has 0 spiro atoms. The van der Waals surface area contributed by atoms with Gasteiger partial charge < -0.3 is 10.4 Å². The molecule has 0 aliphatic carbocycles. The fraction of sp³-hybridized carbons (Fsp3) is 0.143. The van der Waals surface area contributed by atoms with Crippen LogP contribution in [0.15, 0.2) is 42.5 Å². The summed E-state index contributed by atoms with van der Waals surface area (Å²) in [6, 6.07) is 11.5. The van der Waals surface area contributed by atoms with Gasteiger partial charge in [0.05, 0.1) is 10.7 Å². The van der Waals surface area contributed by atoms with E-state index in [0.29, 0.717) is 5.69 Å². The number of nitrogens with one attached hydrogen (secondary N) is 1. The van der Waals surface area contributed by atoms with Gasteiger partial charge in [-0.2, -0.15) is 0 Å². The molecule has 0 aromatic heterocycles. The maximum absolute atomic E-state index is 13.7. The molecule has 2 nitrogen and oxygen atoms in total. The van der Waals surface area contributed by atoms with Crippen LogP contribution in [-0.2, 0) is 0 Å². The van der Waals surface area contributed by atoms with Crippen molar-refractivity contribution in [2.24, 2.45) is 0 Å². The number of phenolic OH excluding ortho intramolecular Hbond substituents is 1. The third kappa shape index (κ3) is 2.74. The molecule has 94 valence electrons. The van der Waals surface area contributed by atoms with Crippen LogP contribution in [0.5, 0.6) is 5.75 Å². The van der Waals surface area contributed by atoms with E-state index in [4.69, 9.17) is 11.6 Å². The molecule has 4 heteroatoms. The van der Waals surface area contributed by atoms with Crippen LogP contribution in [0.25, 0.3) is 0 Å². The monoisotopic (exact) mass is 265 g/mol. The molecular formula is C14H13ClFNO. The number of halogens is 2. The van der Waals surface area contributed by atoms with Crippen LogP contribution >= 0.6 is 11.6 Å². The number of rotatable bonds is 3. The van der Waals surface area contributed by atoms with Crippen LogP contribution < -0.4 is 5.32 Å². The summed E-state index contributed by atoms with van der Waals surface area (Å²) >= 11 is 5.72. The zero-order valence-corrected chi connectivity index (χ0v) is 10.6. The summed E-state index contributed by atoms with van der Waals surface area (Å²) in [5.41, 5.74) is 1.32. The number of phenols is 1. The van der Waals surface area contributed by atoms with Crippen molar-refractivity contribution in [1.29, 1.82) is 0 Å². The van der Waals surface area contributed by atoms with Crippen molar-refractivity contribution in [3.05, 3.63) is 58.9 Å². The van der Waals surface area contributed by atoms with E-state index in [1.807, 2.05) is 6.92 Å². The van der Waals surface area contributed by atoms with Gasteiger partial charge in [-0.05, 0) is 36.8 Å². The lowest BCUT2D eigenvalue weighted by molar-refractivity contribution is 0.475. The first kappa shape index (κ1) is 12.7. The van der Waals surface area contributed by atoms with Crippen molar-refractivity contribution < 1.29 is 9.50 Å². The first-order chi connectivity index (χ1) is 8.58. The maximum Gasteiger partial charge on any atom is 0.164 e. The van der Waals surface area contributed by atoms with Gasteiger partial charge in [-0.1, -0.05) is 29.8 Å². The minimum absolute atomic E-state index is 0.0847. The SMILES string of the molecule is CC(Nc1cccc(Cl)c1F)c1ccc(O)cc1. The second kappa shape index (κ2) is 5.27. The van der Waals surface area contributed by atoms with Crippen molar-refractivity contribution in [3.8, 4) is 5.75 Å². The van der Waals surface area contributed by atoms with Crippen LogP contribution in [0.1, 0.15) is 18.5 Å². The zero-order chi connectivity index (χ0) is 13.1. The Hall–Kier alpha value is -1.74. The number of aromatic hydroxyl groups is 1. The molecule has 0 aliphatic heterocycles. The van der Waals surface area contributed by atoms with E-state index < -0.39 is 5.82 Å². The van der Waals surface area contributed by atoms with Crippen molar-refractivity contribution in [3.63, 3.8) is 0 Å². The first-order valence-electron chi connectivity index (χ1n) is 5.57. The molecule has 0 heterocycles. The van der Waals surface area contributed by atoms with Gasteiger partial charge in [-0.15, -0.1) is 0 Å². The minimum atomic E-state index is -0.454. The molecule has 0 fully saturated rings. The molecule has 0 aliphatic rings. The van der Waals surface area contributed by atoms with Crippen molar-refractivity contribution in [1.82, 2.24) is 0 Å². The highest BCUT2D eigenvalue weighted by Crippen LogP contribution is 2.26.